The molecule has 0 saturated carbocycles. The maximum Gasteiger partial charge on any atom is 0.221 e. The Balaban J connectivity index is 2.41. The predicted molar refractivity (Wildman–Crippen MR) is 81.9 cm³/mol. The molecule has 0 fully saturated rings. The van der Waals surface area contributed by atoms with Crippen LogP contribution in [-0.4, -0.2) is 50.1 Å². The summed E-state index contributed by atoms with van der Waals surface area (Å²) in [6.45, 7) is 3.06. The summed E-state index contributed by atoms with van der Waals surface area (Å²) in [5.74, 6) is -0.529. The molecule has 0 saturated heterocycles. The van der Waals surface area contributed by atoms with E-state index >= 15 is 0 Å². The Hall–Kier alpha value is -1.95. The van der Waals surface area contributed by atoms with Gasteiger partial charge < -0.3 is 15.0 Å². The van der Waals surface area contributed by atoms with Crippen molar-refractivity contribution in [3.05, 3.63) is 35.6 Å². The predicted octanol–water partition coefficient (Wildman–Crippen LogP) is 1.37. The lowest BCUT2D eigenvalue weighted by molar-refractivity contribution is -0.129. The van der Waals surface area contributed by atoms with Crippen molar-refractivity contribution < 1.29 is 18.7 Å². The average molecular weight is 310 g/mol. The molecule has 0 atom stereocenters. The minimum absolute atomic E-state index is 0.124. The molecule has 0 spiro atoms. The number of nitrogens with one attached hydrogen (secondary N) is 1. The number of halogens is 1. The van der Waals surface area contributed by atoms with E-state index in [1.54, 1.807) is 30.2 Å². The van der Waals surface area contributed by atoms with Gasteiger partial charge in [-0.1, -0.05) is 18.2 Å². The fraction of sp³-hybridized carbons (Fsp3) is 0.500. The molecule has 6 heteroatoms. The Bertz CT molecular complexity index is 494. The average Bonchev–Trinajstić information content (AvgIpc) is 2.48. The Labute approximate surface area is 130 Å². The van der Waals surface area contributed by atoms with E-state index in [9.17, 15) is 14.0 Å². The molecule has 22 heavy (non-hydrogen) atoms. The van der Waals surface area contributed by atoms with Crippen LogP contribution in [0, 0.1) is 5.82 Å². The molecule has 1 N–H and O–H groups in total. The number of benzene rings is 1. The molecule has 0 radical (unpaired) electrons. The molecular weight excluding hydrogens is 287 g/mol. The van der Waals surface area contributed by atoms with Crippen LogP contribution in [-0.2, 0) is 20.7 Å². The van der Waals surface area contributed by atoms with Crippen LogP contribution in [0.3, 0.4) is 0 Å². The number of carbonyl (C=O) groups excluding carboxylic acids is 2. The van der Waals surface area contributed by atoms with Gasteiger partial charge >= 0.3 is 0 Å². The summed E-state index contributed by atoms with van der Waals surface area (Å²) in [5.41, 5.74) is 0.568. The third-order valence-electron chi connectivity index (χ3n) is 3.29. The SMILES string of the molecule is COCCNC(=O)CCN(CCc1ccccc1F)C(C)=O. The van der Waals surface area contributed by atoms with Crippen LogP contribution in [0.15, 0.2) is 24.3 Å². The minimum atomic E-state index is -0.275. The smallest absolute Gasteiger partial charge is 0.221 e. The monoisotopic (exact) mass is 310 g/mol. The van der Waals surface area contributed by atoms with Gasteiger partial charge in [0.1, 0.15) is 5.82 Å². The van der Waals surface area contributed by atoms with E-state index in [4.69, 9.17) is 4.74 Å². The number of carbonyl (C=O) groups is 2. The highest BCUT2D eigenvalue weighted by Gasteiger charge is 2.12. The summed E-state index contributed by atoms with van der Waals surface area (Å²) in [6.07, 6.45) is 0.651. The molecule has 0 aliphatic carbocycles. The van der Waals surface area contributed by atoms with Crippen LogP contribution < -0.4 is 5.32 Å². The normalized spacial score (nSPS) is 10.3. The number of nitrogens with zero attached hydrogens (tertiary/aromatic N) is 1. The maximum atomic E-state index is 13.5. The molecule has 2 amide bonds. The second kappa shape index (κ2) is 9.89. The number of hydrogen-bond donors (Lipinski definition) is 1. The van der Waals surface area contributed by atoms with Gasteiger partial charge in [-0.15, -0.1) is 0 Å². The highest BCUT2D eigenvalue weighted by Crippen LogP contribution is 2.08. The quantitative estimate of drug-likeness (QED) is 0.701. The maximum absolute atomic E-state index is 13.5. The van der Waals surface area contributed by atoms with Crippen LogP contribution >= 0.6 is 0 Å². The summed E-state index contributed by atoms with van der Waals surface area (Å²) in [6, 6.07) is 6.49. The van der Waals surface area contributed by atoms with Crippen LogP contribution in [0.4, 0.5) is 4.39 Å². The fourth-order valence-corrected chi connectivity index (χ4v) is 2.00. The third-order valence-corrected chi connectivity index (χ3v) is 3.29. The molecule has 0 aliphatic heterocycles. The summed E-state index contributed by atoms with van der Waals surface area (Å²) in [4.78, 5) is 24.8. The third kappa shape index (κ3) is 6.67. The van der Waals surface area contributed by atoms with Crippen molar-refractivity contribution in [1.82, 2.24) is 10.2 Å². The first-order valence-corrected chi connectivity index (χ1v) is 7.29. The van der Waals surface area contributed by atoms with E-state index in [-0.39, 0.29) is 24.1 Å². The zero-order valence-electron chi connectivity index (χ0n) is 13.1. The van der Waals surface area contributed by atoms with Crippen molar-refractivity contribution in [3.8, 4) is 0 Å². The van der Waals surface area contributed by atoms with Crippen LogP contribution in [0.2, 0.25) is 0 Å². The highest BCUT2D eigenvalue weighted by atomic mass is 19.1. The van der Waals surface area contributed by atoms with Crippen LogP contribution in [0.5, 0.6) is 0 Å². The minimum Gasteiger partial charge on any atom is -0.383 e. The zero-order chi connectivity index (χ0) is 16.4. The molecule has 0 aliphatic rings. The van der Waals surface area contributed by atoms with Gasteiger partial charge in [0.2, 0.25) is 11.8 Å². The first-order valence-electron chi connectivity index (χ1n) is 7.29. The number of rotatable bonds is 9. The molecule has 1 rings (SSSR count). The van der Waals surface area contributed by atoms with E-state index in [2.05, 4.69) is 5.32 Å². The highest BCUT2D eigenvalue weighted by molar-refractivity contribution is 5.78. The van der Waals surface area contributed by atoms with Gasteiger partial charge in [0.25, 0.3) is 0 Å². The van der Waals surface area contributed by atoms with Gasteiger partial charge in [0.05, 0.1) is 6.61 Å². The van der Waals surface area contributed by atoms with Gasteiger partial charge in [-0.3, -0.25) is 9.59 Å². The van der Waals surface area contributed by atoms with Crippen molar-refractivity contribution in [1.29, 1.82) is 0 Å². The molecule has 5 nitrogen and oxygen atoms in total. The lowest BCUT2D eigenvalue weighted by atomic mass is 10.1. The lowest BCUT2D eigenvalue weighted by Gasteiger charge is -2.21. The van der Waals surface area contributed by atoms with E-state index in [0.717, 1.165) is 0 Å². The number of ether oxygens (including phenoxy) is 1. The van der Waals surface area contributed by atoms with E-state index in [1.165, 1.54) is 13.0 Å². The topological polar surface area (TPSA) is 58.6 Å². The van der Waals surface area contributed by atoms with E-state index < -0.39 is 0 Å². The zero-order valence-corrected chi connectivity index (χ0v) is 13.1. The fourth-order valence-electron chi connectivity index (χ4n) is 2.00. The largest absolute Gasteiger partial charge is 0.383 e. The van der Waals surface area contributed by atoms with Gasteiger partial charge in [-0.2, -0.15) is 0 Å². The first-order chi connectivity index (χ1) is 10.5. The van der Waals surface area contributed by atoms with Crippen molar-refractivity contribution in [3.63, 3.8) is 0 Å². The molecular formula is C16H23FN2O3. The molecule has 0 heterocycles. The Morgan fingerprint density at radius 1 is 1.27 bits per heavy atom. The van der Waals surface area contributed by atoms with Crippen molar-refractivity contribution >= 4 is 11.8 Å². The summed E-state index contributed by atoms with van der Waals surface area (Å²) in [5, 5.41) is 2.70. The molecule has 122 valence electrons. The lowest BCUT2D eigenvalue weighted by Crippen LogP contribution is -2.36. The molecule has 1 aromatic carbocycles. The molecule has 1 aromatic rings. The van der Waals surface area contributed by atoms with Gasteiger partial charge in [-0.05, 0) is 18.1 Å². The molecule has 0 bridgehead atoms. The summed E-state index contributed by atoms with van der Waals surface area (Å²) >= 11 is 0. The summed E-state index contributed by atoms with van der Waals surface area (Å²) in [7, 11) is 1.56. The first kappa shape index (κ1) is 18.1. The second-order valence-corrected chi connectivity index (χ2v) is 4.94. The number of methoxy groups -OCH3 is 1. The molecule has 0 unspecified atom stereocenters. The van der Waals surface area contributed by atoms with Crippen molar-refractivity contribution in [2.24, 2.45) is 0 Å². The van der Waals surface area contributed by atoms with Crippen molar-refractivity contribution in [2.75, 3.05) is 33.4 Å². The second-order valence-electron chi connectivity index (χ2n) is 4.94. The van der Waals surface area contributed by atoms with E-state index in [1.807, 2.05) is 0 Å². The standard InChI is InChI=1S/C16H23FN2O3/c1-13(20)19(11-8-16(21)18-9-12-22-2)10-7-14-5-3-4-6-15(14)17/h3-6H,7-12H2,1-2H3,(H,18,21). The van der Waals surface area contributed by atoms with Crippen molar-refractivity contribution in [2.45, 2.75) is 19.8 Å². The van der Waals surface area contributed by atoms with Crippen LogP contribution in [0.1, 0.15) is 18.9 Å². The summed E-state index contributed by atoms with van der Waals surface area (Å²) < 4.78 is 18.4. The number of hydrogen-bond acceptors (Lipinski definition) is 3. The van der Waals surface area contributed by atoms with Gasteiger partial charge in [0, 0.05) is 40.1 Å². The Morgan fingerprint density at radius 2 is 2.00 bits per heavy atom. The number of amides is 2. The Morgan fingerprint density at radius 3 is 2.64 bits per heavy atom. The van der Waals surface area contributed by atoms with E-state index in [0.29, 0.717) is 38.2 Å². The Kier molecular flexibility index (Phi) is 8.14. The van der Waals surface area contributed by atoms with Gasteiger partial charge in [-0.25, -0.2) is 4.39 Å². The molecule has 0 aromatic heterocycles. The van der Waals surface area contributed by atoms with Gasteiger partial charge in [0.15, 0.2) is 0 Å². The van der Waals surface area contributed by atoms with Crippen LogP contribution in [0.25, 0.3) is 0 Å².